The van der Waals surface area contributed by atoms with Crippen molar-refractivity contribution in [2.75, 3.05) is 14.1 Å². The van der Waals surface area contributed by atoms with E-state index >= 15 is 0 Å². The Morgan fingerprint density at radius 1 is 1.40 bits per heavy atom. The van der Waals surface area contributed by atoms with Crippen molar-refractivity contribution in [3.63, 3.8) is 0 Å². The third-order valence-corrected chi connectivity index (χ3v) is 1.55. The Bertz CT molecular complexity index is 102. The zero-order valence-corrected chi connectivity index (χ0v) is 6.31. The molecule has 6 N–H and O–H groups in total. The van der Waals surface area contributed by atoms with Gasteiger partial charge < -0.3 is 5.73 Å². The molecule has 1 rings (SSSR count). The molecule has 0 saturated carbocycles. The molecule has 0 aliphatic carbocycles. The van der Waals surface area contributed by atoms with E-state index in [1.807, 2.05) is 14.1 Å². The van der Waals surface area contributed by atoms with Crippen molar-refractivity contribution < 1.29 is 0 Å². The van der Waals surface area contributed by atoms with Gasteiger partial charge in [0.2, 0.25) is 0 Å². The summed E-state index contributed by atoms with van der Waals surface area (Å²) in [4.78, 5) is 0. The summed E-state index contributed by atoms with van der Waals surface area (Å²) >= 11 is 0. The van der Waals surface area contributed by atoms with Gasteiger partial charge in [-0.1, -0.05) is 0 Å². The largest absolute Gasteiger partial charge is 0.313 e. The molecule has 1 saturated heterocycles. The molecule has 1 fully saturated rings. The van der Waals surface area contributed by atoms with Gasteiger partial charge in [0.15, 0.2) is 0 Å². The SMILES string of the molecule is CNC(NC)NC1NC1N. The molecular weight excluding hydrogens is 130 g/mol. The third kappa shape index (κ3) is 1.89. The number of nitrogens with two attached hydrogens (primary N) is 1. The van der Waals surface area contributed by atoms with E-state index in [2.05, 4.69) is 21.3 Å². The number of nitrogens with one attached hydrogen (secondary N) is 4. The highest BCUT2D eigenvalue weighted by Crippen LogP contribution is 1.98. The average molecular weight is 145 g/mol. The molecule has 0 aromatic carbocycles. The van der Waals surface area contributed by atoms with E-state index in [-0.39, 0.29) is 18.6 Å². The Kier molecular flexibility index (Phi) is 2.58. The standard InChI is InChI=1S/C5H15N5/c1-7-5(8-2)10-4-3(6)9-4/h3-5,7-10H,6H2,1-2H3. The van der Waals surface area contributed by atoms with Crippen molar-refractivity contribution >= 4 is 0 Å². The van der Waals surface area contributed by atoms with Crippen LogP contribution >= 0.6 is 0 Å². The number of hydrogen-bond donors (Lipinski definition) is 5. The molecule has 0 spiro atoms. The van der Waals surface area contributed by atoms with Gasteiger partial charge in [0.25, 0.3) is 0 Å². The monoisotopic (exact) mass is 145 g/mol. The second kappa shape index (κ2) is 3.27. The molecule has 0 amide bonds. The summed E-state index contributed by atoms with van der Waals surface area (Å²) in [6, 6.07) is 0. The quantitative estimate of drug-likeness (QED) is 0.223. The normalized spacial score (nSPS) is 31.2. The fourth-order valence-electron chi connectivity index (χ4n) is 0.794. The fourth-order valence-corrected chi connectivity index (χ4v) is 0.794. The summed E-state index contributed by atoms with van der Waals surface area (Å²) < 4.78 is 0. The molecule has 0 aromatic heterocycles. The van der Waals surface area contributed by atoms with E-state index in [1.165, 1.54) is 0 Å². The van der Waals surface area contributed by atoms with Crippen molar-refractivity contribution in [3.8, 4) is 0 Å². The molecule has 2 unspecified atom stereocenters. The van der Waals surface area contributed by atoms with Crippen molar-refractivity contribution in [3.05, 3.63) is 0 Å². The lowest BCUT2D eigenvalue weighted by atomic mass is 10.6. The van der Waals surface area contributed by atoms with E-state index < -0.39 is 0 Å². The maximum Gasteiger partial charge on any atom is 0.112 e. The lowest BCUT2D eigenvalue weighted by Gasteiger charge is -2.15. The topological polar surface area (TPSA) is 84.0 Å². The summed E-state index contributed by atoms with van der Waals surface area (Å²) in [5.41, 5.74) is 5.50. The minimum atomic E-state index is 0.115. The molecule has 1 aliphatic rings. The fraction of sp³-hybridized carbons (Fsp3) is 1.00. The van der Waals surface area contributed by atoms with Crippen molar-refractivity contribution in [2.45, 2.75) is 18.6 Å². The molecule has 1 heterocycles. The Morgan fingerprint density at radius 2 is 1.90 bits per heavy atom. The van der Waals surface area contributed by atoms with Crippen LogP contribution in [0, 0.1) is 0 Å². The minimum Gasteiger partial charge on any atom is -0.313 e. The first kappa shape index (κ1) is 7.90. The molecule has 0 aromatic rings. The molecular formula is C5H15N5. The van der Waals surface area contributed by atoms with Gasteiger partial charge in [-0.2, -0.15) is 0 Å². The lowest BCUT2D eigenvalue weighted by Crippen LogP contribution is -2.51. The van der Waals surface area contributed by atoms with E-state index in [1.54, 1.807) is 0 Å². The van der Waals surface area contributed by atoms with Crippen LogP contribution < -0.4 is 27.0 Å². The van der Waals surface area contributed by atoms with Crippen LogP contribution in [-0.4, -0.2) is 32.7 Å². The van der Waals surface area contributed by atoms with Gasteiger partial charge in [0.1, 0.15) is 6.29 Å². The number of rotatable bonds is 4. The second-order valence-corrected chi connectivity index (χ2v) is 2.35. The highest BCUT2D eigenvalue weighted by molar-refractivity contribution is 4.91. The Labute approximate surface area is 60.7 Å². The van der Waals surface area contributed by atoms with Crippen LogP contribution in [0.2, 0.25) is 0 Å². The minimum absolute atomic E-state index is 0.115. The lowest BCUT2D eigenvalue weighted by molar-refractivity contribution is 0.395. The number of hydrogen-bond acceptors (Lipinski definition) is 5. The van der Waals surface area contributed by atoms with Crippen LogP contribution in [0.5, 0.6) is 0 Å². The average Bonchev–Trinajstić information content (AvgIpc) is 2.62. The van der Waals surface area contributed by atoms with Crippen LogP contribution in [0.25, 0.3) is 0 Å². The maximum absolute atomic E-state index is 5.50. The van der Waals surface area contributed by atoms with E-state index in [0.29, 0.717) is 0 Å². The van der Waals surface area contributed by atoms with Gasteiger partial charge in [-0.05, 0) is 14.1 Å². The van der Waals surface area contributed by atoms with Crippen molar-refractivity contribution in [1.29, 1.82) is 0 Å². The molecule has 60 valence electrons. The zero-order valence-electron chi connectivity index (χ0n) is 6.31. The Hall–Kier alpha value is -0.200. The van der Waals surface area contributed by atoms with E-state index in [0.717, 1.165) is 0 Å². The predicted molar refractivity (Wildman–Crippen MR) is 39.9 cm³/mol. The molecule has 0 radical (unpaired) electrons. The van der Waals surface area contributed by atoms with Crippen LogP contribution in [0.1, 0.15) is 0 Å². The zero-order chi connectivity index (χ0) is 7.56. The highest BCUT2D eigenvalue weighted by atomic mass is 15.4. The molecule has 0 bridgehead atoms. The van der Waals surface area contributed by atoms with Gasteiger partial charge in [-0.15, -0.1) is 0 Å². The second-order valence-electron chi connectivity index (χ2n) is 2.35. The van der Waals surface area contributed by atoms with Crippen molar-refractivity contribution in [2.24, 2.45) is 5.73 Å². The van der Waals surface area contributed by atoms with Crippen LogP contribution in [0.4, 0.5) is 0 Å². The summed E-state index contributed by atoms with van der Waals surface area (Å²) in [7, 11) is 3.75. The van der Waals surface area contributed by atoms with Gasteiger partial charge in [-0.25, -0.2) is 0 Å². The van der Waals surface area contributed by atoms with Gasteiger partial charge in [0.05, 0.1) is 12.3 Å². The molecule has 2 atom stereocenters. The maximum atomic E-state index is 5.50. The highest BCUT2D eigenvalue weighted by Gasteiger charge is 2.33. The smallest absolute Gasteiger partial charge is 0.112 e. The van der Waals surface area contributed by atoms with Crippen LogP contribution in [0.3, 0.4) is 0 Å². The van der Waals surface area contributed by atoms with Crippen LogP contribution in [-0.2, 0) is 0 Å². The van der Waals surface area contributed by atoms with E-state index in [4.69, 9.17) is 5.73 Å². The van der Waals surface area contributed by atoms with E-state index in [9.17, 15) is 0 Å². The summed E-state index contributed by atoms with van der Waals surface area (Å²) in [6.07, 6.45) is 0.500. The first-order valence-corrected chi connectivity index (χ1v) is 3.40. The van der Waals surface area contributed by atoms with Crippen LogP contribution in [0.15, 0.2) is 0 Å². The first-order valence-electron chi connectivity index (χ1n) is 3.40. The Morgan fingerprint density at radius 3 is 2.20 bits per heavy atom. The molecule has 5 nitrogen and oxygen atoms in total. The Balaban J connectivity index is 2.10. The molecule has 5 heteroatoms. The van der Waals surface area contributed by atoms with Gasteiger partial charge in [-0.3, -0.25) is 21.3 Å². The van der Waals surface area contributed by atoms with Gasteiger partial charge >= 0.3 is 0 Å². The predicted octanol–water partition coefficient (Wildman–Crippen LogP) is -2.49. The molecule has 1 aliphatic heterocycles. The summed E-state index contributed by atoms with van der Waals surface area (Å²) in [6.45, 7) is 0. The summed E-state index contributed by atoms with van der Waals surface area (Å²) in [5.74, 6) is 0. The third-order valence-electron chi connectivity index (χ3n) is 1.55. The molecule has 10 heavy (non-hydrogen) atoms. The van der Waals surface area contributed by atoms with Crippen molar-refractivity contribution in [1.82, 2.24) is 21.3 Å². The first-order chi connectivity index (χ1) is 4.77. The van der Waals surface area contributed by atoms with Gasteiger partial charge in [0, 0.05) is 0 Å². The summed E-state index contributed by atoms with van der Waals surface area (Å²) in [5, 5.41) is 12.3.